The van der Waals surface area contributed by atoms with Crippen LogP contribution in [0.4, 0.5) is 0 Å². The van der Waals surface area contributed by atoms with E-state index in [0.29, 0.717) is 23.4 Å². The van der Waals surface area contributed by atoms with Crippen LogP contribution in [0.2, 0.25) is 0 Å². The van der Waals surface area contributed by atoms with E-state index < -0.39 is 0 Å². The number of carbonyl (C=O) groups excluding carboxylic acids is 2. The summed E-state index contributed by atoms with van der Waals surface area (Å²) in [5.74, 6) is 0.480. The standard InChI is InChI=1S/C19H22N2O3/c1-13-5-8-16(11-17(13)24-4)18(22)20-12-14-6-9-15(10-7-14)19(23)21(2)3/h5-11H,12H2,1-4H3,(H,20,22). The fourth-order valence-electron chi connectivity index (χ4n) is 2.27. The average Bonchev–Trinajstić information content (AvgIpc) is 2.59. The third kappa shape index (κ3) is 4.13. The van der Waals surface area contributed by atoms with Crippen LogP contribution in [0.25, 0.3) is 0 Å². The number of benzene rings is 2. The Hall–Kier alpha value is -2.82. The summed E-state index contributed by atoms with van der Waals surface area (Å²) in [5, 5.41) is 2.87. The summed E-state index contributed by atoms with van der Waals surface area (Å²) in [6.07, 6.45) is 0. The van der Waals surface area contributed by atoms with Crippen LogP contribution < -0.4 is 10.1 Å². The van der Waals surface area contributed by atoms with Crippen molar-refractivity contribution in [2.24, 2.45) is 0 Å². The molecule has 0 fully saturated rings. The fraction of sp³-hybridized carbons (Fsp3) is 0.263. The second-order valence-corrected chi connectivity index (χ2v) is 5.76. The van der Waals surface area contributed by atoms with E-state index in [-0.39, 0.29) is 11.8 Å². The van der Waals surface area contributed by atoms with E-state index in [9.17, 15) is 9.59 Å². The lowest BCUT2D eigenvalue weighted by Gasteiger charge is -2.11. The predicted octanol–water partition coefficient (Wildman–Crippen LogP) is 2.64. The quantitative estimate of drug-likeness (QED) is 0.919. The molecular weight excluding hydrogens is 304 g/mol. The minimum absolute atomic E-state index is 0.0441. The molecule has 0 unspecified atom stereocenters. The van der Waals surface area contributed by atoms with E-state index >= 15 is 0 Å². The Morgan fingerprint density at radius 3 is 2.25 bits per heavy atom. The number of carbonyl (C=O) groups is 2. The van der Waals surface area contributed by atoms with Gasteiger partial charge in [0.05, 0.1) is 7.11 Å². The molecule has 24 heavy (non-hydrogen) atoms. The van der Waals surface area contributed by atoms with Gasteiger partial charge in [0.2, 0.25) is 0 Å². The maximum absolute atomic E-state index is 12.2. The van der Waals surface area contributed by atoms with Gasteiger partial charge in [0.15, 0.2) is 0 Å². The minimum atomic E-state index is -0.165. The molecule has 0 aliphatic rings. The number of nitrogens with zero attached hydrogens (tertiary/aromatic N) is 1. The van der Waals surface area contributed by atoms with Gasteiger partial charge in [-0.1, -0.05) is 18.2 Å². The molecule has 5 nitrogen and oxygen atoms in total. The summed E-state index contributed by atoms with van der Waals surface area (Å²) in [7, 11) is 5.01. The average molecular weight is 326 g/mol. The van der Waals surface area contributed by atoms with Gasteiger partial charge in [-0.3, -0.25) is 9.59 Å². The number of nitrogens with one attached hydrogen (secondary N) is 1. The molecule has 0 bridgehead atoms. The summed E-state index contributed by atoms with van der Waals surface area (Å²) in [6.45, 7) is 2.32. The molecule has 126 valence electrons. The Bertz CT molecular complexity index is 737. The Morgan fingerprint density at radius 2 is 1.67 bits per heavy atom. The van der Waals surface area contributed by atoms with Crippen LogP contribution in [-0.2, 0) is 6.54 Å². The number of methoxy groups -OCH3 is 1. The molecule has 0 aromatic heterocycles. The van der Waals surface area contributed by atoms with Crippen LogP contribution in [0.5, 0.6) is 5.75 Å². The zero-order valence-corrected chi connectivity index (χ0v) is 14.4. The first kappa shape index (κ1) is 17.5. The molecule has 0 aliphatic carbocycles. The lowest BCUT2D eigenvalue weighted by Crippen LogP contribution is -2.23. The Kier molecular flexibility index (Phi) is 5.58. The number of amides is 2. The highest BCUT2D eigenvalue weighted by Crippen LogP contribution is 2.19. The molecule has 5 heteroatoms. The molecular formula is C19H22N2O3. The highest BCUT2D eigenvalue weighted by Gasteiger charge is 2.10. The Morgan fingerprint density at radius 1 is 1.04 bits per heavy atom. The smallest absolute Gasteiger partial charge is 0.253 e. The Labute approximate surface area is 142 Å². The SMILES string of the molecule is COc1cc(C(=O)NCc2ccc(C(=O)N(C)C)cc2)ccc1C. The zero-order valence-electron chi connectivity index (χ0n) is 14.4. The molecule has 0 saturated heterocycles. The summed E-state index contributed by atoms with van der Waals surface area (Å²) in [6, 6.07) is 12.6. The highest BCUT2D eigenvalue weighted by molar-refractivity contribution is 5.95. The molecule has 0 saturated carbocycles. The van der Waals surface area contributed by atoms with Crippen molar-refractivity contribution in [2.75, 3.05) is 21.2 Å². The van der Waals surface area contributed by atoms with E-state index in [4.69, 9.17) is 4.74 Å². The predicted molar refractivity (Wildman–Crippen MR) is 93.4 cm³/mol. The summed E-state index contributed by atoms with van der Waals surface area (Å²) < 4.78 is 5.24. The van der Waals surface area contributed by atoms with Gasteiger partial charge in [-0.05, 0) is 42.3 Å². The summed E-state index contributed by atoms with van der Waals surface area (Å²) >= 11 is 0. The monoisotopic (exact) mass is 326 g/mol. The number of hydrogen-bond donors (Lipinski definition) is 1. The Balaban J connectivity index is 2.00. The number of rotatable bonds is 5. The van der Waals surface area contributed by atoms with Gasteiger partial charge in [0.1, 0.15) is 5.75 Å². The number of aryl methyl sites for hydroxylation is 1. The lowest BCUT2D eigenvalue weighted by molar-refractivity contribution is 0.0827. The zero-order chi connectivity index (χ0) is 17.7. The third-order valence-electron chi connectivity index (χ3n) is 3.73. The molecule has 1 N–H and O–H groups in total. The van der Waals surface area contributed by atoms with Crippen molar-refractivity contribution in [1.29, 1.82) is 0 Å². The van der Waals surface area contributed by atoms with E-state index in [1.54, 1.807) is 45.5 Å². The second kappa shape index (κ2) is 7.64. The molecule has 0 radical (unpaired) electrons. The van der Waals surface area contributed by atoms with Gasteiger partial charge in [-0.2, -0.15) is 0 Å². The molecule has 0 aliphatic heterocycles. The second-order valence-electron chi connectivity index (χ2n) is 5.76. The fourth-order valence-corrected chi connectivity index (χ4v) is 2.27. The minimum Gasteiger partial charge on any atom is -0.496 e. The molecule has 0 heterocycles. The maximum Gasteiger partial charge on any atom is 0.253 e. The van der Waals surface area contributed by atoms with Crippen molar-refractivity contribution in [3.05, 3.63) is 64.7 Å². The number of hydrogen-bond acceptors (Lipinski definition) is 3. The summed E-state index contributed by atoms with van der Waals surface area (Å²) in [5.41, 5.74) is 3.09. The van der Waals surface area contributed by atoms with Crippen LogP contribution >= 0.6 is 0 Å². The van der Waals surface area contributed by atoms with Crippen molar-refractivity contribution >= 4 is 11.8 Å². The highest BCUT2D eigenvalue weighted by atomic mass is 16.5. The third-order valence-corrected chi connectivity index (χ3v) is 3.73. The maximum atomic E-state index is 12.2. The van der Waals surface area contributed by atoms with Crippen LogP contribution in [-0.4, -0.2) is 37.9 Å². The van der Waals surface area contributed by atoms with E-state index in [1.807, 2.05) is 25.1 Å². The van der Waals surface area contributed by atoms with Crippen LogP contribution in [0.3, 0.4) is 0 Å². The van der Waals surface area contributed by atoms with Gasteiger partial charge in [0.25, 0.3) is 11.8 Å². The van der Waals surface area contributed by atoms with Gasteiger partial charge >= 0.3 is 0 Å². The largest absolute Gasteiger partial charge is 0.496 e. The van der Waals surface area contributed by atoms with Gasteiger partial charge in [-0.25, -0.2) is 0 Å². The molecule has 2 rings (SSSR count). The van der Waals surface area contributed by atoms with Gasteiger partial charge in [-0.15, -0.1) is 0 Å². The van der Waals surface area contributed by atoms with Crippen molar-refractivity contribution in [1.82, 2.24) is 10.2 Å². The first-order chi connectivity index (χ1) is 11.4. The molecule has 2 amide bonds. The normalized spacial score (nSPS) is 10.2. The van der Waals surface area contributed by atoms with Crippen LogP contribution in [0.15, 0.2) is 42.5 Å². The van der Waals surface area contributed by atoms with Gasteiger partial charge < -0.3 is 15.0 Å². The van der Waals surface area contributed by atoms with Crippen molar-refractivity contribution in [2.45, 2.75) is 13.5 Å². The van der Waals surface area contributed by atoms with E-state index in [1.165, 1.54) is 4.90 Å². The first-order valence-corrected chi connectivity index (χ1v) is 7.66. The first-order valence-electron chi connectivity index (χ1n) is 7.66. The van der Waals surface area contributed by atoms with Crippen molar-refractivity contribution in [3.63, 3.8) is 0 Å². The topological polar surface area (TPSA) is 58.6 Å². The van der Waals surface area contributed by atoms with Crippen LogP contribution in [0.1, 0.15) is 31.8 Å². The lowest BCUT2D eigenvalue weighted by atomic mass is 10.1. The number of ether oxygens (including phenoxy) is 1. The van der Waals surface area contributed by atoms with Crippen LogP contribution in [0, 0.1) is 6.92 Å². The van der Waals surface area contributed by atoms with Crippen molar-refractivity contribution in [3.8, 4) is 5.75 Å². The molecule has 0 spiro atoms. The van der Waals surface area contributed by atoms with Gasteiger partial charge in [0, 0.05) is 31.8 Å². The molecule has 2 aromatic carbocycles. The summed E-state index contributed by atoms with van der Waals surface area (Å²) in [4.78, 5) is 25.6. The van der Waals surface area contributed by atoms with Crippen molar-refractivity contribution < 1.29 is 14.3 Å². The molecule has 0 atom stereocenters. The van der Waals surface area contributed by atoms with E-state index in [2.05, 4.69) is 5.32 Å². The van der Waals surface area contributed by atoms with E-state index in [0.717, 1.165) is 11.1 Å². The molecule has 2 aromatic rings.